The number of esters is 1. The topological polar surface area (TPSA) is 84.0 Å². The molecule has 0 aromatic heterocycles. The van der Waals surface area contributed by atoms with Gasteiger partial charge in [-0.2, -0.15) is 0 Å². The zero-order valence-electron chi connectivity index (χ0n) is 25.3. The van der Waals surface area contributed by atoms with E-state index in [-0.39, 0.29) is 42.5 Å². The van der Waals surface area contributed by atoms with Crippen LogP contribution in [0.15, 0.2) is 84.9 Å². The van der Waals surface area contributed by atoms with E-state index in [1.54, 1.807) is 23.1 Å². The molecule has 224 valence electrons. The molecule has 3 atom stereocenters. The Labute approximate surface area is 261 Å². The van der Waals surface area contributed by atoms with Crippen LogP contribution in [0.3, 0.4) is 0 Å². The number of anilines is 2. The minimum Gasteiger partial charge on any atom is -0.426 e. The van der Waals surface area contributed by atoms with E-state index in [2.05, 4.69) is 24.3 Å². The van der Waals surface area contributed by atoms with Crippen LogP contribution in [0.1, 0.15) is 57.2 Å². The molecular formula is C38H32N2O5. The van der Waals surface area contributed by atoms with E-state index in [9.17, 15) is 19.2 Å². The van der Waals surface area contributed by atoms with Crippen molar-refractivity contribution in [1.29, 1.82) is 0 Å². The molecule has 0 unspecified atom stereocenters. The van der Waals surface area contributed by atoms with Crippen LogP contribution in [0.4, 0.5) is 11.4 Å². The first-order valence-corrected chi connectivity index (χ1v) is 15.5. The van der Waals surface area contributed by atoms with Crippen molar-refractivity contribution in [2.24, 2.45) is 17.8 Å². The highest BCUT2D eigenvalue weighted by Gasteiger charge is 2.61. The fourth-order valence-electron chi connectivity index (χ4n) is 8.26. The zero-order chi connectivity index (χ0) is 31.1. The number of ether oxygens (including phenoxy) is 1. The van der Waals surface area contributed by atoms with Gasteiger partial charge in [-0.15, -0.1) is 0 Å². The maximum absolute atomic E-state index is 14.2. The highest BCUT2D eigenvalue weighted by atomic mass is 16.5. The number of rotatable bonds is 4. The number of amides is 3. The molecule has 2 bridgehead atoms. The van der Waals surface area contributed by atoms with Crippen molar-refractivity contribution < 1.29 is 23.9 Å². The molecule has 5 aliphatic rings. The van der Waals surface area contributed by atoms with Crippen LogP contribution in [-0.2, 0) is 19.2 Å². The van der Waals surface area contributed by atoms with Crippen molar-refractivity contribution in [2.75, 3.05) is 16.3 Å². The number of carbonyl (C=O) groups excluding carboxylic acids is 4. The fraction of sp³-hybridized carbons (Fsp3) is 0.263. The van der Waals surface area contributed by atoms with Gasteiger partial charge in [-0.25, -0.2) is 4.90 Å². The quantitative estimate of drug-likeness (QED) is 0.165. The number of hydrogen-bond donors (Lipinski definition) is 0. The summed E-state index contributed by atoms with van der Waals surface area (Å²) < 4.78 is 5.75. The zero-order valence-corrected chi connectivity index (χ0v) is 25.3. The molecule has 0 N–H and O–H groups in total. The normalized spacial score (nSPS) is 24.5. The van der Waals surface area contributed by atoms with Gasteiger partial charge in [0.1, 0.15) is 5.75 Å². The van der Waals surface area contributed by atoms with Gasteiger partial charge < -0.3 is 9.64 Å². The van der Waals surface area contributed by atoms with Gasteiger partial charge in [-0.3, -0.25) is 19.2 Å². The van der Waals surface area contributed by atoms with Gasteiger partial charge >= 0.3 is 5.97 Å². The number of hydrogen-bond acceptors (Lipinski definition) is 5. The molecule has 7 nitrogen and oxygen atoms in total. The summed E-state index contributed by atoms with van der Waals surface area (Å²) in [6.45, 7) is 6.03. The van der Waals surface area contributed by atoms with E-state index in [0.717, 1.165) is 39.1 Å². The van der Waals surface area contributed by atoms with Crippen molar-refractivity contribution in [2.45, 2.75) is 39.0 Å². The van der Waals surface area contributed by atoms with Gasteiger partial charge in [0.2, 0.25) is 17.7 Å². The van der Waals surface area contributed by atoms with E-state index in [0.29, 0.717) is 17.0 Å². The third-order valence-electron chi connectivity index (χ3n) is 10.2. The minimum absolute atomic E-state index is 0.0793. The predicted molar refractivity (Wildman–Crippen MR) is 169 cm³/mol. The first-order chi connectivity index (χ1) is 21.7. The lowest BCUT2D eigenvalue weighted by atomic mass is 9.55. The van der Waals surface area contributed by atoms with Gasteiger partial charge in [-0.05, 0) is 78.4 Å². The molecule has 3 aliphatic carbocycles. The molecule has 2 saturated heterocycles. The van der Waals surface area contributed by atoms with Crippen molar-refractivity contribution in [3.05, 3.63) is 124 Å². The number of aryl methyl sites for hydroxylation is 3. The average Bonchev–Trinajstić information content (AvgIpc) is 3.54. The Morgan fingerprint density at radius 2 is 1.22 bits per heavy atom. The molecule has 0 saturated carbocycles. The largest absolute Gasteiger partial charge is 0.426 e. The maximum atomic E-state index is 14.2. The van der Waals surface area contributed by atoms with E-state index in [1.807, 2.05) is 63.2 Å². The summed E-state index contributed by atoms with van der Waals surface area (Å²) in [5.74, 6) is -2.53. The second kappa shape index (κ2) is 9.99. The first kappa shape index (κ1) is 27.5. The molecule has 4 aromatic rings. The van der Waals surface area contributed by atoms with Gasteiger partial charge in [0.05, 0.1) is 23.4 Å². The number of nitrogens with zero attached hydrogens (tertiary/aromatic N) is 2. The number of benzene rings is 4. The Balaban J connectivity index is 1.04. The lowest BCUT2D eigenvalue weighted by molar-refractivity contribution is -0.139. The SMILES string of the molecule is Cc1ccc(N2C[C@H](C(=O)Oc3ccc(N4C(=O)[C@@H]5C6c7ccccc7C(c7ccccc76)[C@@H]5C4=O)c(C)c3)CC2=O)c(C)c1. The van der Waals surface area contributed by atoms with E-state index in [1.165, 1.54) is 4.90 Å². The summed E-state index contributed by atoms with van der Waals surface area (Å²) >= 11 is 0. The third-order valence-corrected chi connectivity index (χ3v) is 10.2. The predicted octanol–water partition coefficient (Wildman–Crippen LogP) is 5.97. The molecule has 7 heteroatoms. The summed E-state index contributed by atoms with van der Waals surface area (Å²) in [4.78, 5) is 57.3. The van der Waals surface area contributed by atoms with Gasteiger partial charge in [0.15, 0.2) is 0 Å². The second-order valence-electron chi connectivity index (χ2n) is 12.8. The van der Waals surface area contributed by atoms with Gasteiger partial charge in [0.25, 0.3) is 0 Å². The average molecular weight is 597 g/mol. The van der Waals surface area contributed by atoms with Gasteiger partial charge in [-0.1, -0.05) is 66.2 Å². The molecule has 45 heavy (non-hydrogen) atoms. The Kier molecular flexibility index (Phi) is 6.11. The Morgan fingerprint density at radius 3 is 1.76 bits per heavy atom. The molecule has 2 aliphatic heterocycles. The minimum atomic E-state index is -0.596. The number of carbonyl (C=O) groups is 4. The van der Waals surface area contributed by atoms with Crippen molar-refractivity contribution in [3.63, 3.8) is 0 Å². The highest BCUT2D eigenvalue weighted by molar-refractivity contribution is 6.23. The van der Waals surface area contributed by atoms with E-state index < -0.39 is 23.7 Å². The van der Waals surface area contributed by atoms with Crippen LogP contribution in [0, 0.1) is 38.5 Å². The molecule has 0 spiro atoms. The lowest BCUT2D eigenvalue weighted by Crippen LogP contribution is -2.41. The standard InChI is InChI=1S/C38H32N2O5/c1-20-12-14-29(21(2)16-20)39-19-23(18-31(39)41)38(44)45-24-13-15-30(22(3)17-24)40-36(42)34-32-25-8-4-5-9-26(25)33(35(34)37(40)43)28-11-7-6-10-27(28)32/h4-17,23,32-35H,18-19H2,1-3H3/t23-,32?,33?,34-,35+/m1/s1. The number of imide groups is 1. The lowest BCUT2D eigenvalue weighted by Gasteiger charge is -2.45. The Bertz CT molecular complexity index is 1850. The Morgan fingerprint density at radius 1 is 0.689 bits per heavy atom. The molecule has 9 rings (SSSR count). The second-order valence-corrected chi connectivity index (χ2v) is 12.8. The van der Waals surface area contributed by atoms with Gasteiger partial charge in [0, 0.05) is 30.5 Å². The molecular weight excluding hydrogens is 564 g/mol. The van der Waals surface area contributed by atoms with Crippen molar-refractivity contribution >= 4 is 35.1 Å². The molecule has 2 heterocycles. The van der Waals surface area contributed by atoms with Crippen LogP contribution in [0.5, 0.6) is 5.75 Å². The monoisotopic (exact) mass is 596 g/mol. The smallest absolute Gasteiger partial charge is 0.316 e. The molecule has 4 aromatic carbocycles. The summed E-state index contributed by atoms with van der Waals surface area (Å²) in [6, 6.07) is 27.3. The van der Waals surface area contributed by atoms with Crippen molar-refractivity contribution in [3.8, 4) is 5.75 Å². The molecule has 0 radical (unpaired) electrons. The van der Waals surface area contributed by atoms with Crippen LogP contribution >= 0.6 is 0 Å². The first-order valence-electron chi connectivity index (χ1n) is 15.5. The highest BCUT2D eigenvalue weighted by Crippen LogP contribution is 2.61. The molecule has 2 fully saturated rings. The van der Waals surface area contributed by atoms with Crippen LogP contribution in [0.2, 0.25) is 0 Å². The van der Waals surface area contributed by atoms with Crippen molar-refractivity contribution in [1.82, 2.24) is 0 Å². The summed E-state index contributed by atoms with van der Waals surface area (Å²) in [5.41, 5.74) is 8.58. The Hall–Kier alpha value is -5.04. The summed E-state index contributed by atoms with van der Waals surface area (Å²) in [5, 5.41) is 0. The third kappa shape index (κ3) is 4.03. The van der Waals surface area contributed by atoms with Crippen LogP contribution in [-0.4, -0.2) is 30.2 Å². The van der Waals surface area contributed by atoms with E-state index >= 15 is 0 Å². The molecule has 3 amide bonds. The summed E-state index contributed by atoms with van der Waals surface area (Å²) in [6.07, 6.45) is 0.0793. The maximum Gasteiger partial charge on any atom is 0.316 e. The summed E-state index contributed by atoms with van der Waals surface area (Å²) in [7, 11) is 0. The van der Waals surface area contributed by atoms with Crippen LogP contribution in [0.25, 0.3) is 0 Å². The fourth-order valence-corrected chi connectivity index (χ4v) is 8.26. The van der Waals surface area contributed by atoms with E-state index in [4.69, 9.17) is 4.74 Å². The van der Waals surface area contributed by atoms with Crippen LogP contribution < -0.4 is 14.5 Å².